The summed E-state index contributed by atoms with van der Waals surface area (Å²) in [5.74, 6) is 1.65. The van der Waals surface area contributed by atoms with Gasteiger partial charge in [-0.25, -0.2) is 21.1 Å². The molecule has 0 spiro atoms. The quantitative estimate of drug-likeness (QED) is 0.211. The van der Waals surface area contributed by atoms with Crippen molar-refractivity contribution in [3.05, 3.63) is 115 Å². The number of fused-ring (bicyclic) bond motifs is 3. The molecule has 5 heteroatoms. The van der Waals surface area contributed by atoms with Crippen molar-refractivity contribution < 1.29 is 28.5 Å². The number of rotatable bonds is 4. The summed E-state index contributed by atoms with van der Waals surface area (Å²) in [5, 5.41) is 2.10. The average Bonchev–Trinajstić information content (AvgIpc) is 3.20. The number of nitrogens with zero attached hydrogens (tertiary/aromatic N) is 3. The molecule has 3 aromatic heterocycles. The first-order valence-electron chi connectivity index (χ1n) is 11.2. The van der Waals surface area contributed by atoms with Crippen molar-refractivity contribution in [3.8, 4) is 28.6 Å². The van der Waals surface area contributed by atoms with Gasteiger partial charge in [0.15, 0.2) is 0 Å². The zero-order valence-corrected chi connectivity index (χ0v) is 19.5. The molecule has 0 radical (unpaired) electrons. The van der Waals surface area contributed by atoms with Gasteiger partial charge in [0.1, 0.15) is 5.82 Å². The van der Waals surface area contributed by atoms with Crippen LogP contribution in [0.5, 0.6) is 11.6 Å². The maximum absolute atomic E-state index is 8.10. The van der Waals surface area contributed by atoms with E-state index in [1.54, 1.807) is 18.3 Å². The van der Waals surface area contributed by atoms with E-state index in [0.29, 0.717) is 17.4 Å². The molecule has 6 aromatic rings. The van der Waals surface area contributed by atoms with Crippen LogP contribution in [0.2, 0.25) is 0 Å². The molecule has 160 valence electrons. The van der Waals surface area contributed by atoms with Crippen molar-refractivity contribution >= 4 is 21.8 Å². The second kappa shape index (κ2) is 9.01. The van der Waals surface area contributed by atoms with Gasteiger partial charge in [0.05, 0.1) is 2.74 Å². The van der Waals surface area contributed by atoms with Gasteiger partial charge in [-0.1, -0.05) is 35.7 Å². The second-order valence-corrected chi connectivity index (χ2v) is 7.24. The topological polar surface area (TPSA) is 39.9 Å². The first-order valence-corrected chi connectivity index (χ1v) is 10.2. The number of hydrogen-bond donors (Lipinski definition) is 0. The third-order valence-electron chi connectivity index (χ3n) is 5.27. The molecule has 0 amide bonds. The van der Waals surface area contributed by atoms with Crippen LogP contribution in [0.1, 0.15) is 2.74 Å². The Morgan fingerprint density at radius 3 is 2.48 bits per heavy atom. The summed E-state index contributed by atoms with van der Waals surface area (Å²) in [6.45, 7) is 0. The van der Waals surface area contributed by atoms with Gasteiger partial charge in [0, 0.05) is 29.7 Å². The maximum atomic E-state index is 8.10. The minimum absolute atomic E-state index is 0. The molecule has 3 aromatic carbocycles. The molecule has 6 rings (SSSR count). The third kappa shape index (κ3) is 3.94. The molecule has 0 atom stereocenters. The number of aromatic nitrogens is 3. The van der Waals surface area contributed by atoms with Crippen LogP contribution in [0.3, 0.4) is 0 Å². The van der Waals surface area contributed by atoms with Gasteiger partial charge >= 0.3 is 21.1 Å². The Morgan fingerprint density at radius 2 is 1.61 bits per heavy atom. The fraction of sp³-hybridized carbons (Fsp3) is 0. The summed E-state index contributed by atoms with van der Waals surface area (Å²) >= 11 is 0. The Kier molecular flexibility index (Phi) is 5.13. The Labute approximate surface area is 208 Å². The number of ether oxygens (including phenoxy) is 1. The van der Waals surface area contributed by atoms with Crippen LogP contribution in [0.4, 0.5) is 0 Å². The standard InChI is InChI=1S/C28H17N3O.Pt/c1-2-11-25-23(10-1)24-15-14-21(19-26(24)31(25)27-12-3-5-16-29-27)20-8-7-9-22(18-20)32-28-13-4-6-17-30-28;/h1-17H;/q-2;+2/i3D,5D;. The van der Waals surface area contributed by atoms with E-state index in [0.717, 1.165) is 32.9 Å². The van der Waals surface area contributed by atoms with Crippen LogP contribution in [0, 0.1) is 12.1 Å². The van der Waals surface area contributed by atoms with Crippen molar-refractivity contribution in [2.75, 3.05) is 0 Å². The molecule has 0 N–H and O–H groups in total. The van der Waals surface area contributed by atoms with Gasteiger partial charge in [-0.2, -0.15) is 24.3 Å². The third-order valence-corrected chi connectivity index (χ3v) is 5.27. The number of para-hydroxylation sites is 1. The molecule has 33 heavy (non-hydrogen) atoms. The van der Waals surface area contributed by atoms with Gasteiger partial charge in [-0.05, 0) is 35.1 Å². The summed E-state index contributed by atoms with van der Waals surface area (Å²) < 4.78 is 23.8. The van der Waals surface area contributed by atoms with Crippen LogP contribution in [-0.2, 0) is 21.1 Å². The van der Waals surface area contributed by atoms with Crippen molar-refractivity contribution in [1.29, 1.82) is 0 Å². The molecule has 0 unspecified atom stereocenters. The van der Waals surface area contributed by atoms with E-state index in [4.69, 9.17) is 7.48 Å². The summed E-state index contributed by atoms with van der Waals surface area (Å²) in [6, 6.07) is 32.1. The number of hydrogen-bond acceptors (Lipinski definition) is 3. The van der Waals surface area contributed by atoms with Crippen molar-refractivity contribution in [2.24, 2.45) is 0 Å². The Bertz CT molecular complexity index is 1670. The maximum Gasteiger partial charge on any atom is 2.00 e. The normalized spacial score (nSPS) is 11.6. The van der Waals surface area contributed by atoms with Crippen LogP contribution >= 0.6 is 0 Å². The summed E-state index contributed by atoms with van der Waals surface area (Å²) in [7, 11) is 0. The predicted molar refractivity (Wildman–Crippen MR) is 126 cm³/mol. The van der Waals surface area contributed by atoms with E-state index < -0.39 is 0 Å². The molecule has 0 aliphatic carbocycles. The number of benzene rings is 3. The summed E-state index contributed by atoms with van der Waals surface area (Å²) in [5.41, 5.74) is 3.49. The molecular formula is C28H17N3OPt. The Hall–Kier alpha value is -3.75. The average molecular weight is 609 g/mol. The SMILES string of the molecule is [2H]c1cnc(-n2c3[c-]c(-c4[c-]c(Oc5ccccn5)ccc4)ccc3c3ccccc32)cc1[2H].[Pt+2]. The van der Waals surface area contributed by atoms with Crippen molar-refractivity contribution in [3.63, 3.8) is 0 Å². The van der Waals surface area contributed by atoms with Gasteiger partial charge in [-0.3, -0.25) is 0 Å². The van der Waals surface area contributed by atoms with E-state index in [1.165, 1.54) is 6.20 Å². The molecule has 0 saturated carbocycles. The van der Waals surface area contributed by atoms with Gasteiger partial charge in [0.2, 0.25) is 5.88 Å². The number of pyridine rings is 2. The zero-order chi connectivity index (χ0) is 23.1. The summed E-state index contributed by atoms with van der Waals surface area (Å²) in [6.07, 6.45) is 3.09. The van der Waals surface area contributed by atoms with Crippen LogP contribution in [-0.4, -0.2) is 14.5 Å². The van der Waals surface area contributed by atoms with E-state index in [1.807, 2.05) is 59.2 Å². The van der Waals surface area contributed by atoms with Gasteiger partial charge in [-0.15, -0.1) is 18.2 Å². The second-order valence-electron chi connectivity index (χ2n) is 7.24. The molecule has 0 bridgehead atoms. The van der Waals surface area contributed by atoms with Gasteiger partial charge in [0.25, 0.3) is 0 Å². The fourth-order valence-electron chi connectivity index (χ4n) is 3.87. The molecule has 0 fully saturated rings. The molecule has 0 saturated heterocycles. The largest absolute Gasteiger partial charge is 2.00 e. The van der Waals surface area contributed by atoms with Crippen LogP contribution in [0.15, 0.2) is 103 Å². The Morgan fingerprint density at radius 1 is 0.727 bits per heavy atom. The smallest absolute Gasteiger partial charge is 0.460 e. The van der Waals surface area contributed by atoms with Crippen LogP contribution in [0.25, 0.3) is 38.8 Å². The summed E-state index contributed by atoms with van der Waals surface area (Å²) in [4.78, 5) is 8.66. The van der Waals surface area contributed by atoms with E-state index in [9.17, 15) is 0 Å². The molecule has 3 heterocycles. The van der Waals surface area contributed by atoms with Crippen molar-refractivity contribution in [1.82, 2.24) is 14.5 Å². The predicted octanol–water partition coefficient (Wildman–Crippen LogP) is 6.63. The zero-order valence-electron chi connectivity index (χ0n) is 19.2. The monoisotopic (exact) mass is 608 g/mol. The molecule has 4 nitrogen and oxygen atoms in total. The van der Waals surface area contributed by atoms with Crippen LogP contribution < -0.4 is 4.74 Å². The molecule has 0 aliphatic rings. The van der Waals surface area contributed by atoms with E-state index >= 15 is 0 Å². The minimum Gasteiger partial charge on any atom is -0.460 e. The molecular weight excluding hydrogens is 589 g/mol. The van der Waals surface area contributed by atoms with E-state index in [-0.39, 0.29) is 33.2 Å². The van der Waals surface area contributed by atoms with Gasteiger partial charge < -0.3 is 9.30 Å². The minimum atomic E-state index is 0. The van der Waals surface area contributed by atoms with E-state index in [2.05, 4.69) is 34.2 Å². The first-order chi connectivity index (χ1) is 16.7. The first kappa shape index (κ1) is 18.8. The molecule has 0 aliphatic heterocycles. The van der Waals surface area contributed by atoms with Crippen molar-refractivity contribution in [2.45, 2.75) is 0 Å². The Balaban J connectivity index is 0.00000253. The fourth-order valence-corrected chi connectivity index (χ4v) is 3.87.